The molecule has 15 heteroatoms. The Morgan fingerprint density at radius 2 is 1.82 bits per heavy atom. The van der Waals surface area contributed by atoms with Crippen LogP contribution in [0.15, 0.2) is 6.20 Å². The SMILES string of the molecule is N#Cc1c(N)sc2c(F)cnc(-c3c4c(c5c(N6C7CCC6CN(CCCO)C7)nc(OCC6(CN7CCOCC7)CC6)nc5c3F)COC4)c12. The fourth-order valence-electron chi connectivity index (χ4n) is 8.67. The lowest BCUT2D eigenvalue weighted by Crippen LogP contribution is -2.54. The van der Waals surface area contributed by atoms with Crippen LogP contribution >= 0.6 is 11.3 Å². The molecule has 3 aromatic heterocycles. The highest BCUT2D eigenvalue weighted by atomic mass is 32.1. The van der Waals surface area contributed by atoms with Gasteiger partial charge >= 0.3 is 6.01 Å². The predicted molar refractivity (Wildman–Crippen MR) is 188 cm³/mol. The van der Waals surface area contributed by atoms with Crippen LogP contribution in [0.1, 0.15) is 48.8 Å². The number of hydrogen-bond donors (Lipinski definition) is 2. The summed E-state index contributed by atoms with van der Waals surface area (Å²) in [5.41, 5.74) is 7.93. The van der Waals surface area contributed by atoms with E-state index in [1.165, 1.54) is 0 Å². The fourth-order valence-corrected chi connectivity index (χ4v) is 9.59. The maximum absolute atomic E-state index is 17.5. The molecule has 2 atom stereocenters. The molecule has 3 N–H and O–H groups in total. The molecule has 5 aliphatic rings. The number of hydrogen-bond acceptors (Lipinski definition) is 13. The van der Waals surface area contributed by atoms with E-state index in [2.05, 4.69) is 25.8 Å². The van der Waals surface area contributed by atoms with Gasteiger partial charge in [-0.3, -0.25) is 14.8 Å². The van der Waals surface area contributed by atoms with Crippen molar-refractivity contribution in [2.45, 2.75) is 57.4 Å². The molecule has 2 unspecified atom stereocenters. The number of thiophene rings is 1. The minimum Gasteiger partial charge on any atom is -0.463 e. The number of anilines is 2. The summed E-state index contributed by atoms with van der Waals surface area (Å²) in [5, 5.41) is 20.4. The maximum atomic E-state index is 17.5. The lowest BCUT2D eigenvalue weighted by molar-refractivity contribution is 0.0231. The number of nitrogens with two attached hydrogens (primary N) is 1. The van der Waals surface area contributed by atoms with Gasteiger partial charge in [0.25, 0.3) is 0 Å². The van der Waals surface area contributed by atoms with E-state index in [9.17, 15) is 10.4 Å². The molecule has 4 aliphatic heterocycles. The molecule has 0 amide bonds. The van der Waals surface area contributed by atoms with Crippen LogP contribution < -0.4 is 15.4 Å². The second kappa shape index (κ2) is 13.0. The number of ether oxygens (including phenoxy) is 3. The van der Waals surface area contributed by atoms with E-state index in [1.54, 1.807) is 0 Å². The Morgan fingerprint density at radius 1 is 1.06 bits per heavy atom. The van der Waals surface area contributed by atoms with Gasteiger partial charge in [0.05, 0.1) is 60.6 Å². The van der Waals surface area contributed by atoms with E-state index in [0.717, 1.165) is 101 Å². The van der Waals surface area contributed by atoms with Crippen molar-refractivity contribution < 1.29 is 28.1 Å². The third kappa shape index (κ3) is 5.67. The van der Waals surface area contributed by atoms with Crippen molar-refractivity contribution in [1.29, 1.82) is 5.26 Å². The highest BCUT2D eigenvalue weighted by Gasteiger charge is 2.46. The zero-order chi connectivity index (χ0) is 34.9. The summed E-state index contributed by atoms with van der Waals surface area (Å²) >= 11 is 0.951. The second-order valence-electron chi connectivity index (χ2n) is 14.6. The summed E-state index contributed by atoms with van der Waals surface area (Å²) in [4.78, 5) is 21.4. The normalized spacial score (nSPS) is 22.9. The minimum absolute atomic E-state index is 0.0150. The predicted octanol–water partition coefficient (Wildman–Crippen LogP) is 4.20. The number of piperazine rings is 1. The molecule has 2 bridgehead atoms. The van der Waals surface area contributed by atoms with Crippen molar-refractivity contribution in [3.63, 3.8) is 0 Å². The van der Waals surface area contributed by atoms with Crippen molar-refractivity contribution in [3.8, 4) is 23.3 Å². The van der Waals surface area contributed by atoms with Crippen LogP contribution in [0.25, 0.3) is 32.2 Å². The van der Waals surface area contributed by atoms with Crippen LogP contribution in [0.3, 0.4) is 0 Å². The molecule has 268 valence electrons. The molecule has 12 nitrogen and oxygen atoms in total. The van der Waals surface area contributed by atoms with E-state index in [4.69, 9.17) is 29.9 Å². The van der Waals surface area contributed by atoms with Crippen molar-refractivity contribution >= 4 is 43.1 Å². The average molecular weight is 719 g/mol. The van der Waals surface area contributed by atoms with E-state index in [0.29, 0.717) is 29.8 Å². The van der Waals surface area contributed by atoms with Crippen LogP contribution in [0, 0.1) is 28.4 Å². The Kier molecular flexibility index (Phi) is 8.44. The molecule has 51 heavy (non-hydrogen) atoms. The van der Waals surface area contributed by atoms with Gasteiger partial charge in [0.1, 0.15) is 22.4 Å². The zero-order valence-corrected chi connectivity index (χ0v) is 29.1. The lowest BCUT2D eigenvalue weighted by Gasteiger charge is -2.42. The van der Waals surface area contributed by atoms with Crippen LogP contribution in [-0.2, 0) is 22.7 Å². The average Bonchev–Trinajstić information content (AvgIpc) is 3.42. The van der Waals surface area contributed by atoms with E-state index < -0.39 is 11.6 Å². The van der Waals surface area contributed by atoms with Gasteiger partial charge in [-0.15, -0.1) is 11.3 Å². The number of pyridine rings is 1. The van der Waals surface area contributed by atoms with Gasteiger partial charge in [-0.25, -0.2) is 8.78 Å². The van der Waals surface area contributed by atoms with Gasteiger partial charge in [0, 0.05) is 74.3 Å². The molecule has 9 rings (SSSR count). The first-order valence-corrected chi connectivity index (χ1v) is 18.6. The third-order valence-corrected chi connectivity index (χ3v) is 12.4. The smallest absolute Gasteiger partial charge is 0.319 e. The zero-order valence-electron chi connectivity index (χ0n) is 28.3. The topological polar surface area (TPSA) is 146 Å². The molecule has 1 saturated carbocycles. The molecule has 0 spiro atoms. The standard InChI is InChI=1S/C36H40F2N8O4S/c37-25-13-41-30(27-22(12-39)33(40)51-32(25)27)26-23-16-49-17-24(23)28-31(29(26)38)42-35(50-19-36(4-5-36)18-44-7-10-48-11-8-44)43-34(28)46-20-2-3-21(46)15-45(14-20)6-1-9-47/h13,20-21,47H,1-11,14-19,40H2. The Labute approximate surface area is 297 Å². The lowest BCUT2D eigenvalue weighted by atomic mass is 9.93. The summed E-state index contributed by atoms with van der Waals surface area (Å²) in [7, 11) is 0. The van der Waals surface area contributed by atoms with Gasteiger partial charge in [0.15, 0.2) is 11.6 Å². The van der Waals surface area contributed by atoms with Gasteiger partial charge in [0.2, 0.25) is 0 Å². The van der Waals surface area contributed by atoms with E-state index in [1.807, 2.05) is 0 Å². The summed E-state index contributed by atoms with van der Waals surface area (Å²) in [5.74, 6) is -0.620. The number of halogens is 2. The first-order chi connectivity index (χ1) is 24.9. The summed E-state index contributed by atoms with van der Waals surface area (Å²) in [6.45, 7) is 7.47. The molecule has 4 aromatic rings. The fraction of sp³-hybridized carbons (Fsp3) is 0.556. The number of nitrogen functional groups attached to an aromatic ring is 1. The number of nitriles is 1. The first kappa shape index (κ1) is 33.1. The molecule has 3 saturated heterocycles. The highest BCUT2D eigenvalue weighted by Crippen LogP contribution is 2.49. The van der Waals surface area contributed by atoms with Crippen LogP contribution in [0.5, 0.6) is 6.01 Å². The Bertz CT molecular complexity index is 2050. The van der Waals surface area contributed by atoms with Crippen LogP contribution in [-0.4, -0.2) is 108 Å². The van der Waals surface area contributed by atoms with Gasteiger partial charge in [-0.2, -0.15) is 15.2 Å². The van der Waals surface area contributed by atoms with E-state index >= 15 is 8.78 Å². The summed E-state index contributed by atoms with van der Waals surface area (Å²) < 4.78 is 50.7. The summed E-state index contributed by atoms with van der Waals surface area (Å²) in [6, 6.07) is 2.50. The highest BCUT2D eigenvalue weighted by molar-refractivity contribution is 7.23. The second-order valence-corrected chi connectivity index (χ2v) is 15.7. The van der Waals surface area contributed by atoms with Gasteiger partial charge in [-0.1, -0.05) is 0 Å². The molecule has 0 radical (unpaired) electrons. The maximum Gasteiger partial charge on any atom is 0.319 e. The quantitative estimate of drug-likeness (QED) is 0.243. The number of benzene rings is 1. The molecule has 1 aliphatic carbocycles. The Balaban J connectivity index is 1.19. The number of likely N-dealkylation sites (tertiary alicyclic amines) is 1. The van der Waals surface area contributed by atoms with Gasteiger partial charge < -0.3 is 30.0 Å². The van der Waals surface area contributed by atoms with Crippen LogP contribution in [0.4, 0.5) is 19.6 Å². The number of fused-ring (bicyclic) bond motifs is 6. The van der Waals surface area contributed by atoms with Gasteiger partial charge in [-0.05, 0) is 43.2 Å². The van der Waals surface area contributed by atoms with Crippen molar-refractivity contribution in [1.82, 2.24) is 24.8 Å². The molecule has 4 fully saturated rings. The number of aliphatic hydroxyl groups excluding tert-OH is 1. The Morgan fingerprint density at radius 3 is 2.55 bits per heavy atom. The third-order valence-electron chi connectivity index (χ3n) is 11.4. The molecular formula is C36H40F2N8O4S. The number of morpholine rings is 1. The minimum atomic E-state index is -0.639. The summed E-state index contributed by atoms with van der Waals surface area (Å²) in [6.07, 6.45) is 5.78. The van der Waals surface area contributed by atoms with Crippen molar-refractivity contribution in [3.05, 3.63) is 34.5 Å². The largest absolute Gasteiger partial charge is 0.463 e. The first-order valence-electron chi connectivity index (χ1n) is 17.8. The molecular weight excluding hydrogens is 679 g/mol. The number of aliphatic hydroxyl groups is 1. The number of nitrogens with zero attached hydrogens (tertiary/aromatic N) is 7. The van der Waals surface area contributed by atoms with Crippen molar-refractivity contribution in [2.24, 2.45) is 5.41 Å². The van der Waals surface area contributed by atoms with Crippen molar-refractivity contribution in [2.75, 3.05) is 76.3 Å². The molecule has 7 heterocycles. The monoisotopic (exact) mass is 718 g/mol. The molecule has 1 aromatic carbocycles. The van der Waals surface area contributed by atoms with Crippen LogP contribution in [0.2, 0.25) is 0 Å². The van der Waals surface area contributed by atoms with E-state index in [-0.39, 0.29) is 80.8 Å². The Hall–Kier alpha value is -3.78. The number of aromatic nitrogens is 3. The number of rotatable bonds is 10.